The lowest BCUT2D eigenvalue weighted by Crippen LogP contribution is -2.08. The second-order valence-corrected chi connectivity index (χ2v) is 5.06. The number of aryl methyl sites for hydroxylation is 1. The van der Waals surface area contributed by atoms with E-state index in [4.69, 9.17) is 22.1 Å². The zero-order chi connectivity index (χ0) is 14.7. The predicted octanol–water partition coefficient (Wildman–Crippen LogP) is 3.30. The van der Waals surface area contributed by atoms with Crippen LogP contribution in [0.3, 0.4) is 0 Å². The van der Waals surface area contributed by atoms with Crippen LogP contribution in [0.25, 0.3) is 0 Å². The number of benzene rings is 1. The van der Waals surface area contributed by atoms with Gasteiger partial charge in [-0.2, -0.15) is 5.10 Å². The highest BCUT2D eigenvalue weighted by atomic mass is 35.5. The Hall–Kier alpha value is -1.68. The van der Waals surface area contributed by atoms with E-state index in [0.717, 1.165) is 41.2 Å². The van der Waals surface area contributed by atoms with Gasteiger partial charge in [-0.15, -0.1) is 0 Å². The van der Waals surface area contributed by atoms with Crippen molar-refractivity contribution in [2.24, 2.45) is 0 Å². The molecule has 2 rings (SSSR count). The Morgan fingerprint density at radius 2 is 2.05 bits per heavy atom. The lowest BCUT2D eigenvalue weighted by molar-refractivity contribution is 0.407. The summed E-state index contributed by atoms with van der Waals surface area (Å²) < 4.78 is 7.33. The Balaban J connectivity index is 2.41. The third-order valence-electron chi connectivity index (χ3n) is 3.41. The highest BCUT2D eigenvalue weighted by molar-refractivity contribution is 6.30. The molecule has 2 N–H and O–H groups in total. The van der Waals surface area contributed by atoms with Gasteiger partial charge in [0, 0.05) is 10.6 Å². The average Bonchev–Trinajstić information content (AvgIpc) is 2.74. The van der Waals surface area contributed by atoms with Gasteiger partial charge in [0.2, 0.25) is 0 Å². The first-order valence-corrected chi connectivity index (χ1v) is 7.14. The molecule has 20 heavy (non-hydrogen) atoms. The lowest BCUT2D eigenvalue weighted by Gasteiger charge is -2.11. The van der Waals surface area contributed by atoms with Gasteiger partial charge < -0.3 is 10.5 Å². The van der Waals surface area contributed by atoms with E-state index >= 15 is 0 Å². The van der Waals surface area contributed by atoms with E-state index in [2.05, 4.69) is 18.9 Å². The van der Waals surface area contributed by atoms with E-state index in [9.17, 15) is 0 Å². The van der Waals surface area contributed by atoms with Crippen LogP contribution in [0, 0.1) is 0 Å². The van der Waals surface area contributed by atoms with Crippen molar-refractivity contribution in [2.45, 2.75) is 33.2 Å². The number of anilines is 1. The van der Waals surface area contributed by atoms with Crippen LogP contribution < -0.4 is 10.5 Å². The van der Waals surface area contributed by atoms with Crippen molar-refractivity contribution in [1.82, 2.24) is 9.78 Å². The van der Waals surface area contributed by atoms with Crippen LogP contribution in [-0.2, 0) is 19.4 Å². The van der Waals surface area contributed by atoms with Crippen LogP contribution in [0.2, 0.25) is 5.02 Å². The van der Waals surface area contributed by atoms with E-state index < -0.39 is 0 Å². The van der Waals surface area contributed by atoms with Crippen LogP contribution in [0.5, 0.6) is 5.75 Å². The van der Waals surface area contributed by atoms with Crippen LogP contribution in [0.15, 0.2) is 18.2 Å². The van der Waals surface area contributed by atoms with E-state index in [-0.39, 0.29) is 0 Å². The molecule has 0 spiro atoms. The molecular weight excluding hydrogens is 274 g/mol. The summed E-state index contributed by atoms with van der Waals surface area (Å²) in [6, 6.07) is 5.60. The Kier molecular flexibility index (Phi) is 4.55. The summed E-state index contributed by atoms with van der Waals surface area (Å²) >= 11 is 6.07. The van der Waals surface area contributed by atoms with Crippen molar-refractivity contribution >= 4 is 17.3 Å². The summed E-state index contributed by atoms with van der Waals surface area (Å²) in [4.78, 5) is 0. The van der Waals surface area contributed by atoms with Gasteiger partial charge in [0.05, 0.1) is 30.7 Å². The average molecular weight is 294 g/mol. The molecule has 0 bridgehead atoms. The molecule has 0 unspecified atom stereocenters. The van der Waals surface area contributed by atoms with Crippen LogP contribution >= 0.6 is 11.6 Å². The molecule has 0 aliphatic heterocycles. The highest BCUT2D eigenvalue weighted by Gasteiger charge is 2.14. The Morgan fingerprint density at radius 1 is 1.30 bits per heavy atom. The third-order valence-corrected chi connectivity index (χ3v) is 3.64. The zero-order valence-corrected chi connectivity index (χ0v) is 12.9. The van der Waals surface area contributed by atoms with E-state index in [1.165, 1.54) is 0 Å². The van der Waals surface area contributed by atoms with Gasteiger partial charge in [0.1, 0.15) is 5.75 Å². The lowest BCUT2D eigenvalue weighted by atomic mass is 10.2. The first kappa shape index (κ1) is 14.7. The molecule has 4 nitrogen and oxygen atoms in total. The fourth-order valence-corrected chi connectivity index (χ4v) is 2.56. The van der Waals surface area contributed by atoms with Crippen molar-refractivity contribution < 1.29 is 4.74 Å². The molecule has 1 heterocycles. The molecule has 0 saturated heterocycles. The number of hydrogen-bond acceptors (Lipinski definition) is 3. The molecule has 0 atom stereocenters. The predicted molar refractivity (Wildman–Crippen MR) is 82.5 cm³/mol. The molecule has 0 aliphatic carbocycles. The number of aromatic nitrogens is 2. The summed E-state index contributed by atoms with van der Waals surface area (Å²) in [6.07, 6.45) is 1.68. The molecule has 0 saturated carbocycles. The Labute approximate surface area is 124 Å². The summed E-state index contributed by atoms with van der Waals surface area (Å²) in [7, 11) is 1.66. The molecule has 0 fully saturated rings. The van der Waals surface area contributed by atoms with Crippen molar-refractivity contribution in [3.8, 4) is 5.75 Å². The van der Waals surface area contributed by atoms with Crippen molar-refractivity contribution in [3.05, 3.63) is 40.2 Å². The van der Waals surface area contributed by atoms with Gasteiger partial charge in [-0.1, -0.05) is 25.4 Å². The van der Waals surface area contributed by atoms with Crippen LogP contribution in [0.4, 0.5) is 5.69 Å². The quantitative estimate of drug-likeness (QED) is 0.920. The topological polar surface area (TPSA) is 53.1 Å². The molecule has 5 heteroatoms. The molecule has 0 amide bonds. The highest BCUT2D eigenvalue weighted by Crippen LogP contribution is 2.26. The molecule has 108 valence electrons. The summed E-state index contributed by atoms with van der Waals surface area (Å²) in [5, 5.41) is 5.28. The molecule has 0 aliphatic rings. The number of ether oxygens (including phenoxy) is 1. The second-order valence-electron chi connectivity index (χ2n) is 4.63. The molecule has 0 radical (unpaired) electrons. The van der Waals surface area contributed by atoms with Crippen molar-refractivity contribution in [2.75, 3.05) is 12.8 Å². The minimum Gasteiger partial charge on any atom is -0.496 e. The maximum Gasteiger partial charge on any atom is 0.124 e. The SMILES string of the molecule is CCc1nn(Cc2cc(Cl)ccc2OC)c(CC)c1N. The van der Waals surface area contributed by atoms with Gasteiger partial charge in [-0.3, -0.25) is 4.68 Å². The normalized spacial score (nSPS) is 10.8. The van der Waals surface area contributed by atoms with E-state index in [1.54, 1.807) is 7.11 Å². The standard InChI is InChI=1S/C15H20ClN3O/c1-4-12-15(17)13(5-2)19(18-12)9-10-8-11(16)6-7-14(10)20-3/h6-8H,4-5,9,17H2,1-3H3. The van der Waals surface area contributed by atoms with Gasteiger partial charge in [0.15, 0.2) is 0 Å². The fourth-order valence-electron chi connectivity index (χ4n) is 2.36. The monoisotopic (exact) mass is 293 g/mol. The van der Waals surface area contributed by atoms with Gasteiger partial charge in [0.25, 0.3) is 0 Å². The molecule has 1 aromatic carbocycles. The summed E-state index contributed by atoms with van der Waals surface area (Å²) in [5.41, 5.74) is 9.95. The molecular formula is C15H20ClN3O. The number of nitrogens with zero attached hydrogens (tertiary/aromatic N) is 2. The number of hydrogen-bond donors (Lipinski definition) is 1. The van der Waals surface area contributed by atoms with Gasteiger partial charge >= 0.3 is 0 Å². The number of rotatable bonds is 5. The summed E-state index contributed by atoms with van der Waals surface area (Å²) in [6.45, 7) is 4.75. The van der Waals surface area contributed by atoms with Crippen molar-refractivity contribution in [3.63, 3.8) is 0 Å². The molecule has 2 aromatic rings. The van der Waals surface area contributed by atoms with Gasteiger partial charge in [-0.25, -0.2) is 0 Å². The Morgan fingerprint density at radius 3 is 2.65 bits per heavy atom. The minimum atomic E-state index is 0.608. The second kappa shape index (κ2) is 6.18. The molecule has 1 aromatic heterocycles. The largest absolute Gasteiger partial charge is 0.496 e. The van der Waals surface area contributed by atoms with Crippen molar-refractivity contribution in [1.29, 1.82) is 0 Å². The van der Waals surface area contributed by atoms with E-state index in [1.807, 2.05) is 22.9 Å². The zero-order valence-electron chi connectivity index (χ0n) is 12.1. The number of nitrogens with two attached hydrogens (primary N) is 1. The van der Waals surface area contributed by atoms with Crippen LogP contribution in [-0.4, -0.2) is 16.9 Å². The Bertz CT molecular complexity index is 607. The number of methoxy groups -OCH3 is 1. The number of nitrogen functional groups attached to an aromatic ring is 1. The fraction of sp³-hybridized carbons (Fsp3) is 0.400. The first-order chi connectivity index (χ1) is 9.60. The van der Waals surface area contributed by atoms with Crippen LogP contribution in [0.1, 0.15) is 30.8 Å². The number of halogens is 1. The van der Waals surface area contributed by atoms with Gasteiger partial charge in [-0.05, 0) is 31.0 Å². The maximum atomic E-state index is 6.14. The summed E-state index contributed by atoms with van der Waals surface area (Å²) in [5.74, 6) is 0.809. The maximum absolute atomic E-state index is 6.14. The first-order valence-electron chi connectivity index (χ1n) is 6.77. The third kappa shape index (κ3) is 2.75. The van der Waals surface area contributed by atoms with E-state index in [0.29, 0.717) is 11.6 Å². The smallest absolute Gasteiger partial charge is 0.124 e. The minimum absolute atomic E-state index is 0.608.